The van der Waals surface area contributed by atoms with Gasteiger partial charge in [0.15, 0.2) is 0 Å². The summed E-state index contributed by atoms with van der Waals surface area (Å²) in [5.74, 6) is -0.0836. The van der Waals surface area contributed by atoms with E-state index in [2.05, 4.69) is 29.8 Å². The Hall–Kier alpha value is -0.393. The molecule has 1 unspecified atom stereocenters. The van der Waals surface area contributed by atoms with Gasteiger partial charge in [0.1, 0.15) is 0 Å². The number of piperazine rings is 1. The van der Waals surface area contributed by atoms with Gasteiger partial charge in [-0.05, 0) is 13.0 Å². The maximum absolute atomic E-state index is 11.4. The molecule has 0 spiro atoms. The molecule has 0 aliphatic carbocycles. The molecule has 0 radical (unpaired) electrons. The zero-order chi connectivity index (χ0) is 18.5. The molecule has 0 aromatic heterocycles. The first-order valence-electron chi connectivity index (χ1n) is 10.6. The second-order valence-electron chi connectivity index (χ2n) is 7.95. The fourth-order valence-electron chi connectivity index (χ4n) is 3.82. The van der Waals surface area contributed by atoms with E-state index in [-0.39, 0.29) is 5.97 Å². The van der Waals surface area contributed by atoms with Crippen LogP contribution in [-0.4, -0.2) is 70.1 Å². The SMILES string of the molecule is CCCCCCCCCCN1CCN(CCC(=O)OC)CC1[SiH](C)C. The molecule has 0 bridgehead atoms. The van der Waals surface area contributed by atoms with Gasteiger partial charge in [0.2, 0.25) is 0 Å². The van der Waals surface area contributed by atoms with Crippen LogP contribution in [0.5, 0.6) is 0 Å². The van der Waals surface area contributed by atoms with Gasteiger partial charge in [-0.15, -0.1) is 0 Å². The topological polar surface area (TPSA) is 32.8 Å². The van der Waals surface area contributed by atoms with Crippen LogP contribution in [-0.2, 0) is 9.53 Å². The second kappa shape index (κ2) is 13.8. The van der Waals surface area contributed by atoms with Crippen molar-refractivity contribution in [3.05, 3.63) is 0 Å². The minimum Gasteiger partial charge on any atom is -0.469 e. The van der Waals surface area contributed by atoms with Crippen LogP contribution in [0.25, 0.3) is 0 Å². The normalized spacial score (nSPS) is 19.5. The van der Waals surface area contributed by atoms with Crippen molar-refractivity contribution < 1.29 is 9.53 Å². The maximum Gasteiger partial charge on any atom is 0.306 e. The van der Waals surface area contributed by atoms with Gasteiger partial charge in [0.25, 0.3) is 0 Å². The van der Waals surface area contributed by atoms with Crippen molar-refractivity contribution in [2.45, 2.75) is 83.5 Å². The molecule has 0 aromatic carbocycles. The molecule has 1 saturated heterocycles. The van der Waals surface area contributed by atoms with Gasteiger partial charge >= 0.3 is 5.97 Å². The summed E-state index contributed by atoms with van der Waals surface area (Å²) in [4.78, 5) is 16.6. The number of carbonyl (C=O) groups excluding carboxylic acids is 1. The van der Waals surface area contributed by atoms with Gasteiger partial charge in [0, 0.05) is 31.8 Å². The lowest BCUT2D eigenvalue weighted by Crippen LogP contribution is -2.58. The Morgan fingerprint density at radius 1 is 1.00 bits per heavy atom. The average molecular weight is 371 g/mol. The molecule has 0 amide bonds. The van der Waals surface area contributed by atoms with Gasteiger partial charge in [-0.2, -0.15) is 0 Å². The van der Waals surface area contributed by atoms with E-state index < -0.39 is 8.80 Å². The molecule has 1 aliphatic heterocycles. The van der Waals surface area contributed by atoms with Crippen LogP contribution in [0.15, 0.2) is 0 Å². The molecule has 0 N–H and O–H groups in total. The molecule has 5 heteroatoms. The van der Waals surface area contributed by atoms with E-state index >= 15 is 0 Å². The Kier molecular flexibility index (Phi) is 12.5. The zero-order valence-corrected chi connectivity index (χ0v) is 18.4. The number of ether oxygens (including phenoxy) is 1. The van der Waals surface area contributed by atoms with Crippen LogP contribution < -0.4 is 0 Å². The summed E-state index contributed by atoms with van der Waals surface area (Å²) in [6, 6.07) is 0. The molecular formula is C20H42N2O2Si. The van der Waals surface area contributed by atoms with Crippen LogP contribution in [0, 0.1) is 0 Å². The third-order valence-corrected chi connectivity index (χ3v) is 7.72. The summed E-state index contributed by atoms with van der Waals surface area (Å²) in [5, 5.41) is 0. The van der Waals surface area contributed by atoms with Crippen molar-refractivity contribution in [3.63, 3.8) is 0 Å². The van der Waals surface area contributed by atoms with Gasteiger partial charge in [-0.3, -0.25) is 4.79 Å². The first-order chi connectivity index (χ1) is 12.1. The van der Waals surface area contributed by atoms with Gasteiger partial charge < -0.3 is 14.5 Å². The molecular weight excluding hydrogens is 328 g/mol. The van der Waals surface area contributed by atoms with Crippen LogP contribution in [0.1, 0.15) is 64.7 Å². The molecule has 0 saturated carbocycles. The fraction of sp³-hybridized carbons (Fsp3) is 0.950. The van der Waals surface area contributed by atoms with E-state index in [1.165, 1.54) is 71.6 Å². The summed E-state index contributed by atoms with van der Waals surface area (Å²) in [5.41, 5.74) is 0.760. The van der Waals surface area contributed by atoms with E-state index in [9.17, 15) is 4.79 Å². The van der Waals surface area contributed by atoms with Crippen molar-refractivity contribution in [2.75, 3.05) is 39.8 Å². The largest absolute Gasteiger partial charge is 0.469 e. The van der Waals surface area contributed by atoms with Gasteiger partial charge in [-0.1, -0.05) is 65.0 Å². The summed E-state index contributed by atoms with van der Waals surface area (Å²) >= 11 is 0. The summed E-state index contributed by atoms with van der Waals surface area (Å²) in [6.45, 7) is 12.8. The predicted molar refractivity (Wildman–Crippen MR) is 110 cm³/mol. The molecule has 1 atom stereocenters. The maximum atomic E-state index is 11.4. The number of rotatable bonds is 13. The molecule has 148 valence electrons. The monoisotopic (exact) mass is 370 g/mol. The second-order valence-corrected chi connectivity index (χ2v) is 11.2. The van der Waals surface area contributed by atoms with Crippen molar-refractivity contribution in [1.29, 1.82) is 0 Å². The first kappa shape index (κ1) is 22.6. The number of carbonyl (C=O) groups is 1. The third kappa shape index (κ3) is 9.76. The first-order valence-corrected chi connectivity index (χ1v) is 13.6. The molecule has 1 fully saturated rings. The third-order valence-electron chi connectivity index (χ3n) is 5.55. The van der Waals surface area contributed by atoms with Crippen molar-refractivity contribution in [2.24, 2.45) is 0 Å². The molecule has 1 heterocycles. The highest BCUT2D eigenvalue weighted by Crippen LogP contribution is 2.15. The van der Waals surface area contributed by atoms with E-state index in [1.54, 1.807) is 0 Å². The lowest BCUT2D eigenvalue weighted by Gasteiger charge is -2.43. The highest BCUT2D eigenvalue weighted by molar-refractivity contribution is 6.57. The summed E-state index contributed by atoms with van der Waals surface area (Å²) in [6.07, 6.45) is 11.7. The Balaban J connectivity index is 2.22. The van der Waals surface area contributed by atoms with Crippen molar-refractivity contribution in [1.82, 2.24) is 9.80 Å². The highest BCUT2D eigenvalue weighted by Gasteiger charge is 2.29. The van der Waals surface area contributed by atoms with Gasteiger partial charge in [-0.25, -0.2) is 0 Å². The number of hydrogen-bond acceptors (Lipinski definition) is 4. The van der Waals surface area contributed by atoms with Crippen LogP contribution in [0.2, 0.25) is 13.1 Å². The van der Waals surface area contributed by atoms with E-state index in [0.29, 0.717) is 6.42 Å². The van der Waals surface area contributed by atoms with E-state index in [1.807, 2.05) is 0 Å². The van der Waals surface area contributed by atoms with Crippen LogP contribution >= 0.6 is 0 Å². The Morgan fingerprint density at radius 2 is 1.64 bits per heavy atom. The smallest absolute Gasteiger partial charge is 0.306 e. The summed E-state index contributed by atoms with van der Waals surface area (Å²) in [7, 11) is 0.765. The Bertz CT molecular complexity index is 353. The van der Waals surface area contributed by atoms with Crippen LogP contribution in [0.3, 0.4) is 0 Å². The quantitative estimate of drug-likeness (QED) is 0.281. The lowest BCUT2D eigenvalue weighted by molar-refractivity contribution is -0.141. The highest BCUT2D eigenvalue weighted by atomic mass is 28.3. The molecule has 1 rings (SSSR count). The van der Waals surface area contributed by atoms with Crippen LogP contribution in [0.4, 0.5) is 0 Å². The van der Waals surface area contributed by atoms with E-state index in [4.69, 9.17) is 4.74 Å². The fourth-order valence-corrected chi connectivity index (χ4v) is 5.68. The lowest BCUT2D eigenvalue weighted by atomic mass is 10.1. The minimum absolute atomic E-state index is 0.0836. The predicted octanol–water partition coefficient (Wildman–Crippen LogP) is 3.70. The number of nitrogens with zero attached hydrogens (tertiary/aromatic N) is 2. The number of unbranched alkanes of at least 4 members (excludes halogenated alkanes) is 7. The van der Waals surface area contributed by atoms with Gasteiger partial charge in [0.05, 0.1) is 22.3 Å². The minimum atomic E-state index is -0.715. The summed E-state index contributed by atoms with van der Waals surface area (Å²) < 4.78 is 4.78. The molecule has 4 nitrogen and oxygen atoms in total. The number of esters is 1. The Morgan fingerprint density at radius 3 is 2.24 bits per heavy atom. The van der Waals surface area contributed by atoms with Crippen molar-refractivity contribution >= 4 is 14.8 Å². The van der Waals surface area contributed by atoms with Crippen molar-refractivity contribution in [3.8, 4) is 0 Å². The molecule has 0 aromatic rings. The molecule has 25 heavy (non-hydrogen) atoms. The number of hydrogen-bond donors (Lipinski definition) is 0. The zero-order valence-electron chi connectivity index (χ0n) is 17.3. The molecule has 1 aliphatic rings. The Labute approximate surface area is 157 Å². The number of methoxy groups -OCH3 is 1. The standard InChI is InChI=1S/C20H42N2O2Si/c1-5-6-7-8-9-10-11-12-14-22-17-16-21(15-13-20(23)24-2)18-19(22)25(3)4/h19,25H,5-18H2,1-4H3. The average Bonchev–Trinajstić information content (AvgIpc) is 2.62. The van der Waals surface area contributed by atoms with E-state index in [0.717, 1.165) is 25.3 Å².